The molecule has 3 aromatic rings. The molecule has 2 heterocycles. The minimum Gasteiger partial charge on any atom is -0.339 e. The number of hydrogen-bond donors (Lipinski definition) is 1. The van der Waals surface area contributed by atoms with Crippen LogP contribution in [0.5, 0.6) is 0 Å². The summed E-state index contributed by atoms with van der Waals surface area (Å²) in [5.41, 5.74) is -1.37. The van der Waals surface area contributed by atoms with Gasteiger partial charge in [0.2, 0.25) is 5.95 Å². The number of amides is 1. The van der Waals surface area contributed by atoms with Crippen molar-refractivity contribution in [3.8, 4) is 0 Å². The van der Waals surface area contributed by atoms with E-state index in [1.807, 2.05) is 23.1 Å². The molecule has 1 saturated heterocycles. The molecule has 4 rings (SSSR count). The first-order chi connectivity index (χ1) is 20.5. The van der Waals surface area contributed by atoms with Crippen LogP contribution in [0, 0.1) is 11.8 Å². The molecule has 10 heteroatoms. The molecule has 0 radical (unpaired) electrons. The molecule has 0 atom stereocenters. The highest BCUT2D eigenvalue weighted by Gasteiger charge is 2.29. The quantitative estimate of drug-likeness (QED) is 0.183. The standard InChI is InChI=1S/C33H46F3N5OS/c1-24(2)15-21-40(22-16-25(3)4)31(42)26-9-14-29-30(23-26)41(20-8-19-39-17-6-5-7-18-39)32(38-29)37-27-10-12-28(13-11-27)43-33(34,35)36/h9-14,23-25H,5-8,15-22H2,1-4H3,(H,37,38). The zero-order valence-electron chi connectivity index (χ0n) is 25.9. The molecule has 2 aromatic carbocycles. The summed E-state index contributed by atoms with van der Waals surface area (Å²) in [7, 11) is 0. The van der Waals surface area contributed by atoms with Crippen molar-refractivity contribution in [2.24, 2.45) is 11.8 Å². The molecule has 6 nitrogen and oxygen atoms in total. The number of likely N-dealkylation sites (tertiary alicyclic amines) is 1. The predicted octanol–water partition coefficient (Wildman–Crippen LogP) is 8.80. The van der Waals surface area contributed by atoms with Crippen molar-refractivity contribution in [1.29, 1.82) is 0 Å². The third kappa shape index (κ3) is 10.2. The van der Waals surface area contributed by atoms with Crippen molar-refractivity contribution in [2.45, 2.75) is 83.2 Å². The number of carbonyl (C=O) groups is 1. The van der Waals surface area contributed by atoms with Crippen LogP contribution in [0.4, 0.5) is 24.8 Å². The summed E-state index contributed by atoms with van der Waals surface area (Å²) in [5.74, 6) is 1.67. The number of thioether (sulfide) groups is 1. The topological polar surface area (TPSA) is 53.4 Å². The molecule has 1 N–H and O–H groups in total. The number of aryl methyl sites for hydroxylation is 1. The Bertz CT molecular complexity index is 1300. The third-order valence-electron chi connectivity index (χ3n) is 7.88. The number of hydrogen-bond acceptors (Lipinski definition) is 5. The van der Waals surface area contributed by atoms with Gasteiger partial charge in [-0.3, -0.25) is 4.79 Å². The van der Waals surface area contributed by atoms with Gasteiger partial charge in [0.15, 0.2) is 0 Å². The molecule has 1 aliphatic heterocycles. The molecule has 0 spiro atoms. The number of anilines is 2. The maximum Gasteiger partial charge on any atom is 0.446 e. The molecule has 0 saturated carbocycles. The zero-order chi connectivity index (χ0) is 31.0. The first-order valence-corrected chi connectivity index (χ1v) is 16.4. The number of fused-ring (bicyclic) bond motifs is 1. The normalized spacial score (nSPS) is 14.6. The second kappa shape index (κ2) is 15.3. The Kier molecular flexibility index (Phi) is 11.8. The number of halogens is 3. The second-order valence-corrected chi connectivity index (χ2v) is 13.5. The molecule has 0 bridgehead atoms. The minimum absolute atomic E-state index is 0.0385. The van der Waals surface area contributed by atoms with E-state index in [4.69, 9.17) is 4.98 Å². The fourth-order valence-electron chi connectivity index (χ4n) is 5.41. The fraction of sp³-hybridized carbons (Fsp3) is 0.576. The van der Waals surface area contributed by atoms with Crippen molar-refractivity contribution in [3.63, 3.8) is 0 Å². The monoisotopic (exact) mass is 617 g/mol. The van der Waals surface area contributed by atoms with Crippen LogP contribution in [0.3, 0.4) is 0 Å². The highest BCUT2D eigenvalue weighted by Crippen LogP contribution is 2.37. The van der Waals surface area contributed by atoms with E-state index in [1.54, 1.807) is 12.1 Å². The molecule has 0 aliphatic carbocycles. The third-order valence-corrected chi connectivity index (χ3v) is 8.62. The Morgan fingerprint density at radius 1 is 0.953 bits per heavy atom. The maximum atomic E-state index is 13.8. The van der Waals surface area contributed by atoms with Gasteiger partial charge < -0.3 is 19.7 Å². The Morgan fingerprint density at radius 2 is 1.60 bits per heavy atom. The first kappa shape index (κ1) is 33.2. The van der Waals surface area contributed by atoms with Gasteiger partial charge in [0.25, 0.3) is 5.91 Å². The summed E-state index contributed by atoms with van der Waals surface area (Å²) in [4.78, 5) is 23.2. The smallest absolute Gasteiger partial charge is 0.339 e. The summed E-state index contributed by atoms with van der Waals surface area (Å²) < 4.78 is 40.5. The molecule has 1 amide bonds. The number of benzene rings is 2. The van der Waals surface area contributed by atoms with Gasteiger partial charge in [0, 0.05) is 35.8 Å². The average molecular weight is 618 g/mol. The summed E-state index contributed by atoms with van der Waals surface area (Å²) >= 11 is -0.126. The van der Waals surface area contributed by atoms with Crippen LogP contribution < -0.4 is 5.32 Å². The summed E-state index contributed by atoms with van der Waals surface area (Å²) in [6.45, 7) is 14.1. The van der Waals surface area contributed by atoms with Crippen LogP contribution in [-0.4, -0.2) is 63.5 Å². The number of nitrogens with zero attached hydrogens (tertiary/aromatic N) is 4. The Hall–Kier alpha value is -2.72. The maximum absolute atomic E-state index is 13.8. The van der Waals surface area contributed by atoms with Crippen LogP contribution >= 0.6 is 11.8 Å². The number of piperidine rings is 1. The highest BCUT2D eigenvalue weighted by atomic mass is 32.2. The summed E-state index contributed by atoms with van der Waals surface area (Å²) in [6.07, 6.45) is 6.59. The molecule has 43 heavy (non-hydrogen) atoms. The van der Waals surface area contributed by atoms with Crippen LogP contribution in [-0.2, 0) is 6.54 Å². The van der Waals surface area contributed by atoms with Crippen molar-refractivity contribution in [2.75, 3.05) is 38.0 Å². The van der Waals surface area contributed by atoms with Crippen molar-refractivity contribution >= 4 is 40.3 Å². The predicted molar refractivity (Wildman–Crippen MR) is 171 cm³/mol. The molecule has 1 aliphatic rings. The van der Waals surface area contributed by atoms with Gasteiger partial charge in [0.05, 0.1) is 11.0 Å². The van der Waals surface area contributed by atoms with Gasteiger partial charge in [-0.15, -0.1) is 0 Å². The van der Waals surface area contributed by atoms with E-state index in [9.17, 15) is 18.0 Å². The molecule has 1 aromatic heterocycles. The number of nitrogens with one attached hydrogen (secondary N) is 1. The summed E-state index contributed by atoms with van der Waals surface area (Å²) in [5, 5.41) is 3.33. The van der Waals surface area contributed by atoms with E-state index >= 15 is 0 Å². The van der Waals surface area contributed by atoms with Gasteiger partial charge in [-0.1, -0.05) is 34.1 Å². The Balaban J connectivity index is 1.60. The van der Waals surface area contributed by atoms with Crippen LogP contribution in [0.25, 0.3) is 11.0 Å². The molecular weight excluding hydrogens is 571 g/mol. The van der Waals surface area contributed by atoms with Gasteiger partial charge >= 0.3 is 5.51 Å². The van der Waals surface area contributed by atoms with Gasteiger partial charge in [-0.2, -0.15) is 13.2 Å². The number of rotatable bonds is 14. The number of imidazole rings is 1. The lowest BCUT2D eigenvalue weighted by atomic mass is 10.1. The number of carbonyl (C=O) groups excluding carboxylic acids is 1. The van der Waals surface area contributed by atoms with Crippen LogP contribution in [0.2, 0.25) is 0 Å². The van der Waals surface area contributed by atoms with Crippen molar-refractivity contribution < 1.29 is 18.0 Å². The van der Waals surface area contributed by atoms with Gasteiger partial charge in [0.1, 0.15) is 0 Å². The Morgan fingerprint density at radius 3 is 2.21 bits per heavy atom. The lowest BCUT2D eigenvalue weighted by Crippen LogP contribution is -2.34. The van der Waals surface area contributed by atoms with E-state index < -0.39 is 5.51 Å². The van der Waals surface area contributed by atoms with E-state index in [2.05, 4.69) is 42.5 Å². The number of aromatic nitrogens is 2. The molecule has 1 fully saturated rings. The SMILES string of the molecule is CC(C)CCN(CCC(C)C)C(=O)c1ccc2nc(Nc3ccc(SC(F)(F)F)cc3)n(CCCN3CCCCC3)c2c1. The molecule has 0 unspecified atom stereocenters. The molecular formula is C33H46F3N5OS. The van der Waals surface area contributed by atoms with E-state index in [0.29, 0.717) is 35.6 Å². The average Bonchev–Trinajstić information content (AvgIpc) is 3.29. The second-order valence-electron chi connectivity index (χ2n) is 12.4. The van der Waals surface area contributed by atoms with Crippen LogP contribution in [0.1, 0.15) is 76.6 Å². The lowest BCUT2D eigenvalue weighted by molar-refractivity contribution is -0.0328. The molecule has 236 valence electrons. The Labute approximate surface area is 258 Å². The minimum atomic E-state index is -4.33. The fourth-order valence-corrected chi connectivity index (χ4v) is 5.95. The first-order valence-electron chi connectivity index (χ1n) is 15.6. The van der Waals surface area contributed by atoms with Gasteiger partial charge in [-0.25, -0.2) is 4.98 Å². The largest absolute Gasteiger partial charge is 0.446 e. The highest BCUT2D eigenvalue weighted by molar-refractivity contribution is 8.00. The van der Waals surface area contributed by atoms with Crippen molar-refractivity contribution in [1.82, 2.24) is 19.4 Å². The number of alkyl halides is 3. The summed E-state index contributed by atoms with van der Waals surface area (Å²) in [6, 6.07) is 11.9. The van der Waals surface area contributed by atoms with E-state index in [1.165, 1.54) is 31.4 Å². The zero-order valence-corrected chi connectivity index (χ0v) is 26.7. The lowest BCUT2D eigenvalue weighted by Gasteiger charge is -2.26. The van der Waals surface area contributed by atoms with E-state index in [-0.39, 0.29) is 22.6 Å². The van der Waals surface area contributed by atoms with Crippen molar-refractivity contribution in [3.05, 3.63) is 48.0 Å². The van der Waals surface area contributed by atoms with E-state index in [0.717, 1.165) is 63.0 Å². The van der Waals surface area contributed by atoms with Crippen LogP contribution in [0.15, 0.2) is 47.4 Å². The van der Waals surface area contributed by atoms with Gasteiger partial charge in [-0.05, 0) is 118 Å².